The average molecular weight is 222 g/mol. The summed E-state index contributed by atoms with van der Waals surface area (Å²) in [6.07, 6.45) is 1.59. The van der Waals surface area contributed by atoms with Gasteiger partial charge in [0.1, 0.15) is 6.26 Å². The van der Waals surface area contributed by atoms with Crippen molar-refractivity contribution < 1.29 is 4.52 Å². The summed E-state index contributed by atoms with van der Waals surface area (Å²) in [5.41, 5.74) is 0.940. The third-order valence-corrected chi connectivity index (χ3v) is 3.45. The number of aromatic nitrogens is 1. The zero-order valence-corrected chi connectivity index (χ0v) is 9.67. The van der Waals surface area contributed by atoms with Gasteiger partial charge in [-0.3, -0.25) is 0 Å². The Morgan fingerprint density at radius 3 is 2.93 bits per heavy atom. The van der Waals surface area contributed by atoms with Crippen LogP contribution in [0.25, 0.3) is 0 Å². The van der Waals surface area contributed by atoms with Crippen molar-refractivity contribution in [2.75, 3.05) is 0 Å². The van der Waals surface area contributed by atoms with E-state index in [4.69, 9.17) is 4.52 Å². The SMILES string of the molecule is Cc1ccc(C(C)NCc2ccon2)s1. The number of nitrogens with one attached hydrogen (secondary N) is 1. The molecule has 0 amide bonds. The molecule has 80 valence electrons. The maximum absolute atomic E-state index is 4.77. The van der Waals surface area contributed by atoms with E-state index in [9.17, 15) is 0 Å². The van der Waals surface area contributed by atoms with E-state index in [1.165, 1.54) is 9.75 Å². The van der Waals surface area contributed by atoms with Gasteiger partial charge in [0.15, 0.2) is 0 Å². The smallest absolute Gasteiger partial charge is 0.124 e. The Labute approximate surface area is 93.1 Å². The molecule has 2 heterocycles. The van der Waals surface area contributed by atoms with Crippen LogP contribution in [0.5, 0.6) is 0 Å². The van der Waals surface area contributed by atoms with Crippen LogP contribution in [0.2, 0.25) is 0 Å². The molecule has 0 saturated heterocycles. The van der Waals surface area contributed by atoms with Crippen LogP contribution in [0.1, 0.15) is 28.4 Å². The maximum Gasteiger partial charge on any atom is 0.124 e. The lowest BCUT2D eigenvalue weighted by Gasteiger charge is -2.09. The first-order chi connectivity index (χ1) is 7.25. The van der Waals surface area contributed by atoms with Gasteiger partial charge < -0.3 is 9.84 Å². The molecule has 2 aromatic rings. The number of rotatable bonds is 4. The summed E-state index contributed by atoms with van der Waals surface area (Å²) < 4.78 is 4.77. The Hall–Kier alpha value is -1.13. The molecule has 0 bridgehead atoms. The van der Waals surface area contributed by atoms with Crippen LogP contribution in [0.3, 0.4) is 0 Å². The minimum absolute atomic E-state index is 0.361. The first-order valence-electron chi connectivity index (χ1n) is 4.94. The summed E-state index contributed by atoms with van der Waals surface area (Å²) in [4.78, 5) is 2.70. The highest BCUT2D eigenvalue weighted by Gasteiger charge is 2.07. The summed E-state index contributed by atoms with van der Waals surface area (Å²) in [7, 11) is 0. The summed E-state index contributed by atoms with van der Waals surface area (Å²) in [6, 6.07) is 6.55. The molecule has 0 fully saturated rings. The zero-order valence-electron chi connectivity index (χ0n) is 8.86. The van der Waals surface area contributed by atoms with E-state index in [2.05, 4.69) is 36.5 Å². The molecule has 1 N–H and O–H groups in total. The van der Waals surface area contributed by atoms with E-state index >= 15 is 0 Å². The Bertz CT molecular complexity index is 408. The maximum atomic E-state index is 4.77. The van der Waals surface area contributed by atoms with Gasteiger partial charge in [-0.1, -0.05) is 5.16 Å². The Morgan fingerprint density at radius 2 is 2.33 bits per heavy atom. The quantitative estimate of drug-likeness (QED) is 0.864. The molecule has 0 spiro atoms. The largest absolute Gasteiger partial charge is 0.364 e. The summed E-state index contributed by atoms with van der Waals surface area (Å²) in [6.45, 7) is 5.03. The molecular weight excluding hydrogens is 208 g/mol. The van der Waals surface area contributed by atoms with Crippen molar-refractivity contribution in [3.63, 3.8) is 0 Å². The molecule has 0 aromatic carbocycles. The first-order valence-corrected chi connectivity index (χ1v) is 5.76. The fourth-order valence-corrected chi connectivity index (χ4v) is 2.28. The van der Waals surface area contributed by atoms with Gasteiger partial charge in [0.05, 0.1) is 5.69 Å². The van der Waals surface area contributed by atoms with E-state index in [0.717, 1.165) is 12.2 Å². The van der Waals surface area contributed by atoms with Crippen molar-refractivity contribution in [1.29, 1.82) is 0 Å². The fraction of sp³-hybridized carbons (Fsp3) is 0.364. The lowest BCUT2D eigenvalue weighted by molar-refractivity contribution is 0.406. The monoisotopic (exact) mass is 222 g/mol. The Balaban J connectivity index is 1.90. The van der Waals surface area contributed by atoms with Crippen molar-refractivity contribution in [2.45, 2.75) is 26.4 Å². The summed E-state index contributed by atoms with van der Waals surface area (Å²) >= 11 is 1.83. The summed E-state index contributed by atoms with van der Waals surface area (Å²) in [5.74, 6) is 0. The lowest BCUT2D eigenvalue weighted by atomic mass is 10.2. The average Bonchev–Trinajstić information content (AvgIpc) is 2.84. The van der Waals surface area contributed by atoms with Crippen molar-refractivity contribution in [3.8, 4) is 0 Å². The molecule has 2 rings (SSSR count). The van der Waals surface area contributed by atoms with Gasteiger partial charge in [0.2, 0.25) is 0 Å². The van der Waals surface area contributed by atoms with Crippen molar-refractivity contribution in [3.05, 3.63) is 39.9 Å². The number of hydrogen-bond acceptors (Lipinski definition) is 4. The van der Waals surface area contributed by atoms with E-state index < -0.39 is 0 Å². The Kier molecular flexibility index (Phi) is 3.18. The molecule has 0 saturated carbocycles. The second kappa shape index (κ2) is 4.59. The third-order valence-electron chi connectivity index (χ3n) is 2.27. The third kappa shape index (κ3) is 2.67. The second-order valence-electron chi connectivity index (χ2n) is 3.54. The standard InChI is InChI=1S/C11H14N2OS/c1-8-3-4-11(15-8)9(2)12-7-10-5-6-14-13-10/h3-6,9,12H,7H2,1-2H3. The van der Waals surface area contributed by atoms with Crippen LogP contribution in [0.4, 0.5) is 0 Å². The van der Waals surface area contributed by atoms with Gasteiger partial charge in [0, 0.05) is 28.4 Å². The van der Waals surface area contributed by atoms with Gasteiger partial charge in [0.25, 0.3) is 0 Å². The van der Waals surface area contributed by atoms with Gasteiger partial charge in [-0.15, -0.1) is 11.3 Å². The first kappa shape index (κ1) is 10.4. The van der Waals surface area contributed by atoms with Gasteiger partial charge in [-0.2, -0.15) is 0 Å². The highest BCUT2D eigenvalue weighted by atomic mass is 32.1. The predicted molar refractivity (Wildman–Crippen MR) is 60.8 cm³/mol. The second-order valence-corrected chi connectivity index (χ2v) is 4.86. The number of hydrogen-bond donors (Lipinski definition) is 1. The lowest BCUT2D eigenvalue weighted by Crippen LogP contribution is -2.17. The van der Waals surface area contributed by atoms with Crippen LogP contribution in [0.15, 0.2) is 29.0 Å². The van der Waals surface area contributed by atoms with Crippen LogP contribution >= 0.6 is 11.3 Å². The molecule has 0 aliphatic rings. The molecule has 3 nitrogen and oxygen atoms in total. The molecular formula is C11H14N2OS. The predicted octanol–water partition coefficient (Wildman–Crippen LogP) is 2.90. The van der Waals surface area contributed by atoms with Crippen molar-refractivity contribution in [2.24, 2.45) is 0 Å². The summed E-state index contributed by atoms with van der Waals surface area (Å²) in [5, 5.41) is 7.26. The van der Waals surface area contributed by atoms with E-state index in [-0.39, 0.29) is 0 Å². The highest BCUT2D eigenvalue weighted by molar-refractivity contribution is 7.12. The van der Waals surface area contributed by atoms with Crippen LogP contribution in [0, 0.1) is 6.92 Å². The number of nitrogens with zero attached hydrogens (tertiary/aromatic N) is 1. The van der Waals surface area contributed by atoms with Crippen LogP contribution in [-0.4, -0.2) is 5.16 Å². The molecule has 1 unspecified atom stereocenters. The van der Waals surface area contributed by atoms with E-state index in [1.807, 2.05) is 17.4 Å². The minimum Gasteiger partial charge on any atom is -0.364 e. The van der Waals surface area contributed by atoms with E-state index in [1.54, 1.807) is 6.26 Å². The molecule has 4 heteroatoms. The Morgan fingerprint density at radius 1 is 1.47 bits per heavy atom. The van der Waals surface area contributed by atoms with Gasteiger partial charge in [-0.25, -0.2) is 0 Å². The number of thiophene rings is 1. The van der Waals surface area contributed by atoms with Crippen LogP contribution in [-0.2, 0) is 6.54 Å². The van der Waals surface area contributed by atoms with E-state index in [0.29, 0.717) is 6.04 Å². The molecule has 0 aliphatic carbocycles. The van der Waals surface area contributed by atoms with Crippen molar-refractivity contribution >= 4 is 11.3 Å². The van der Waals surface area contributed by atoms with Crippen LogP contribution < -0.4 is 5.32 Å². The van der Waals surface area contributed by atoms with Gasteiger partial charge in [-0.05, 0) is 26.0 Å². The molecule has 0 aliphatic heterocycles. The molecule has 0 radical (unpaired) electrons. The fourth-order valence-electron chi connectivity index (χ4n) is 1.37. The number of aryl methyl sites for hydroxylation is 1. The van der Waals surface area contributed by atoms with Crippen molar-refractivity contribution in [1.82, 2.24) is 10.5 Å². The molecule has 2 aromatic heterocycles. The topological polar surface area (TPSA) is 38.1 Å². The minimum atomic E-state index is 0.361. The molecule has 15 heavy (non-hydrogen) atoms. The zero-order chi connectivity index (χ0) is 10.7. The highest BCUT2D eigenvalue weighted by Crippen LogP contribution is 2.22. The molecule has 1 atom stereocenters. The van der Waals surface area contributed by atoms with Gasteiger partial charge >= 0.3 is 0 Å². The normalized spacial score (nSPS) is 12.9.